The number of hydrogen-bond donors (Lipinski definition) is 1. The van der Waals surface area contributed by atoms with Crippen molar-refractivity contribution >= 4 is 37.5 Å². The summed E-state index contributed by atoms with van der Waals surface area (Å²) in [6, 6.07) is 7.45. The van der Waals surface area contributed by atoms with Gasteiger partial charge in [-0.1, -0.05) is 37.6 Å². The van der Waals surface area contributed by atoms with Crippen molar-refractivity contribution in [1.29, 1.82) is 0 Å². The van der Waals surface area contributed by atoms with E-state index >= 15 is 0 Å². The Bertz CT molecular complexity index is 464. The second kappa shape index (κ2) is 10.6. The van der Waals surface area contributed by atoms with E-state index in [-0.39, 0.29) is 0 Å². The molecule has 0 saturated carbocycles. The Hall–Kier alpha value is -0.140. The standard InChI is InChI=1S/C17H26Cl2NOP/c1-12(16(11-18)20-3)8-9-22-13(2)10-17(21)14-4-6-15(19)7-5-14/h4-7,12-13,17,21-22H,8-11H2,1-3H3/b20-16-/t12?,13?,17-/m0/s1. The molecule has 0 aliphatic rings. The average Bonchev–Trinajstić information content (AvgIpc) is 2.49. The van der Waals surface area contributed by atoms with Gasteiger partial charge in [-0.15, -0.1) is 20.2 Å². The fourth-order valence-corrected chi connectivity index (χ4v) is 4.36. The molecule has 0 fully saturated rings. The van der Waals surface area contributed by atoms with Crippen LogP contribution in [-0.4, -0.2) is 35.6 Å². The second-order valence-corrected chi connectivity index (χ2v) is 8.29. The minimum absolute atomic E-state index is 0.409. The molecule has 22 heavy (non-hydrogen) atoms. The van der Waals surface area contributed by atoms with Crippen molar-refractivity contribution in [2.45, 2.75) is 38.5 Å². The van der Waals surface area contributed by atoms with Gasteiger partial charge in [-0.3, -0.25) is 4.99 Å². The van der Waals surface area contributed by atoms with Crippen LogP contribution in [0.5, 0.6) is 0 Å². The van der Waals surface area contributed by atoms with Crippen LogP contribution in [0.25, 0.3) is 0 Å². The van der Waals surface area contributed by atoms with Gasteiger partial charge in [0.05, 0.1) is 12.0 Å². The van der Waals surface area contributed by atoms with E-state index in [0.29, 0.717) is 22.5 Å². The Morgan fingerprint density at radius 3 is 2.45 bits per heavy atom. The molecule has 124 valence electrons. The lowest BCUT2D eigenvalue weighted by Crippen LogP contribution is -2.14. The first-order valence-electron chi connectivity index (χ1n) is 7.66. The Kier molecular flexibility index (Phi) is 9.59. The summed E-state index contributed by atoms with van der Waals surface area (Å²) in [5.74, 6) is 0.967. The molecule has 3 unspecified atom stereocenters. The average molecular weight is 362 g/mol. The molecule has 0 spiro atoms. The number of aliphatic hydroxyl groups is 1. The van der Waals surface area contributed by atoms with Crippen molar-refractivity contribution < 1.29 is 5.11 Å². The van der Waals surface area contributed by atoms with Crippen LogP contribution < -0.4 is 0 Å². The van der Waals surface area contributed by atoms with E-state index in [1.807, 2.05) is 31.3 Å². The van der Waals surface area contributed by atoms with E-state index in [4.69, 9.17) is 23.2 Å². The van der Waals surface area contributed by atoms with Crippen molar-refractivity contribution in [2.75, 3.05) is 19.1 Å². The molecular formula is C17H26Cl2NOP. The number of aliphatic imine (C=N–C) groups is 1. The highest BCUT2D eigenvalue weighted by atomic mass is 35.5. The van der Waals surface area contributed by atoms with E-state index in [0.717, 1.165) is 38.9 Å². The van der Waals surface area contributed by atoms with E-state index in [1.54, 1.807) is 0 Å². The summed E-state index contributed by atoms with van der Waals surface area (Å²) in [6.45, 7) is 4.39. The van der Waals surface area contributed by atoms with Crippen LogP contribution in [0.15, 0.2) is 29.3 Å². The molecule has 1 aromatic rings. The van der Waals surface area contributed by atoms with Crippen molar-refractivity contribution in [2.24, 2.45) is 10.9 Å². The maximum absolute atomic E-state index is 10.3. The smallest absolute Gasteiger partial charge is 0.0795 e. The largest absolute Gasteiger partial charge is 0.388 e. The molecular weight excluding hydrogens is 336 g/mol. The van der Waals surface area contributed by atoms with Crippen LogP contribution in [0, 0.1) is 5.92 Å². The van der Waals surface area contributed by atoms with Gasteiger partial charge in [-0.25, -0.2) is 0 Å². The monoisotopic (exact) mass is 361 g/mol. The lowest BCUT2D eigenvalue weighted by Gasteiger charge is -2.18. The lowest BCUT2D eigenvalue weighted by molar-refractivity contribution is 0.168. The van der Waals surface area contributed by atoms with Gasteiger partial charge in [0, 0.05) is 17.8 Å². The zero-order valence-corrected chi connectivity index (χ0v) is 16.0. The second-order valence-electron chi connectivity index (χ2n) is 5.70. The fraction of sp³-hybridized carbons (Fsp3) is 0.588. The first-order chi connectivity index (χ1) is 10.5. The molecule has 2 nitrogen and oxygen atoms in total. The lowest BCUT2D eigenvalue weighted by atomic mass is 10.0. The Morgan fingerprint density at radius 1 is 1.27 bits per heavy atom. The molecule has 0 saturated heterocycles. The number of hydrogen-bond acceptors (Lipinski definition) is 2. The third-order valence-electron chi connectivity index (χ3n) is 3.89. The predicted molar refractivity (Wildman–Crippen MR) is 102 cm³/mol. The van der Waals surface area contributed by atoms with Gasteiger partial charge in [0.25, 0.3) is 0 Å². The van der Waals surface area contributed by atoms with Crippen LogP contribution in [0.3, 0.4) is 0 Å². The number of aliphatic hydroxyl groups excluding tert-OH is 1. The molecule has 0 aliphatic heterocycles. The summed E-state index contributed by atoms with van der Waals surface area (Å²) in [6.07, 6.45) is 2.65. The van der Waals surface area contributed by atoms with Gasteiger partial charge < -0.3 is 5.11 Å². The number of rotatable bonds is 9. The maximum atomic E-state index is 10.3. The number of benzene rings is 1. The highest BCUT2D eigenvalue weighted by Crippen LogP contribution is 2.30. The summed E-state index contributed by atoms with van der Waals surface area (Å²) >= 11 is 11.8. The maximum Gasteiger partial charge on any atom is 0.0795 e. The molecule has 0 bridgehead atoms. The van der Waals surface area contributed by atoms with Crippen molar-refractivity contribution in [3.05, 3.63) is 34.9 Å². The summed E-state index contributed by atoms with van der Waals surface area (Å²) in [7, 11) is 2.65. The van der Waals surface area contributed by atoms with E-state index < -0.39 is 6.10 Å². The normalized spacial score (nSPS) is 16.9. The van der Waals surface area contributed by atoms with E-state index in [2.05, 4.69) is 18.8 Å². The van der Waals surface area contributed by atoms with Gasteiger partial charge >= 0.3 is 0 Å². The van der Waals surface area contributed by atoms with Crippen LogP contribution in [0.4, 0.5) is 0 Å². The van der Waals surface area contributed by atoms with Gasteiger partial charge in [0.1, 0.15) is 0 Å². The Morgan fingerprint density at radius 2 is 1.91 bits per heavy atom. The Labute approximate surface area is 146 Å². The molecule has 0 radical (unpaired) electrons. The van der Waals surface area contributed by atoms with E-state index in [9.17, 15) is 5.11 Å². The molecule has 0 aliphatic carbocycles. The van der Waals surface area contributed by atoms with Crippen molar-refractivity contribution in [3.63, 3.8) is 0 Å². The number of halogens is 2. The molecule has 0 amide bonds. The quantitative estimate of drug-likeness (QED) is 0.367. The van der Waals surface area contributed by atoms with Gasteiger partial charge in [0.2, 0.25) is 0 Å². The summed E-state index contributed by atoms with van der Waals surface area (Å²) in [5.41, 5.74) is 2.54. The first-order valence-corrected chi connectivity index (χ1v) is 9.86. The van der Waals surface area contributed by atoms with Crippen molar-refractivity contribution in [1.82, 2.24) is 0 Å². The topological polar surface area (TPSA) is 32.6 Å². The molecule has 4 atom stereocenters. The molecule has 1 N–H and O–H groups in total. The Balaban J connectivity index is 2.34. The minimum Gasteiger partial charge on any atom is -0.388 e. The molecule has 1 rings (SSSR count). The zero-order valence-electron chi connectivity index (χ0n) is 13.5. The summed E-state index contributed by atoms with van der Waals surface area (Å²) in [5, 5.41) is 11.0. The number of alkyl halides is 1. The van der Waals surface area contributed by atoms with Crippen molar-refractivity contribution in [3.8, 4) is 0 Å². The van der Waals surface area contributed by atoms with Crippen LogP contribution in [-0.2, 0) is 0 Å². The van der Waals surface area contributed by atoms with Crippen LogP contribution in [0.1, 0.15) is 38.4 Å². The van der Waals surface area contributed by atoms with E-state index in [1.165, 1.54) is 0 Å². The summed E-state index contributed by atoms with van der Waals surface area (Å²) < 4.78 is 0. The fourth-order valence-electron chi connectivity index (χ4n) is 2.36. The minimum atomic E-state index is -0.409. The summed E-state index contributed by atoms with van der Waals surface area (Å²) in [4.78, 5) is 4.24. The van der Waals surface area contributed by atoms with Gasteiger partial charge in [0.15, 0.2) is 0 Å². The van der Waals surface area contributed by atoms with Crippen LogP contribution >= 0.6 is 31.8 Å². The van der Waals surface area contributed by atoms with Gasteiger partial charge in [-0.2, -0.15) is 0 Å². The number of nitrogens with zero attached hydrogens (tertiary/aromatic N) is 1. The molecule has 0 aromatic heterocycles. The highest BCUT2D eigenvalue weighted by molar-refractivity contribution is 7.38. The third-order valence-corrected chi connectivity index (χ3v) is 5.93. The van der Waals surface area contributed by atoms with Gasteiger partial charge in [-0.05, 0) is 48.3 Å². The molecule has 5 heteroatoms. The van der Waals surface area contributed by atoms with Crippen LogP contribution in [0.2, 0.25) is 5.02 Å². The predicted octanol–water partition coefficient (Wildman–Crippen LogP) is 5.17. The SMILES string of the molecule is C/N=C(/CCl)C(C)CCPC(C)C[C@H](O)c1ccc(Cl)cc1. The zero-order chi connectivity index (χ0) is 16.5. The molecule has 0 heterocycles. The first kappa shape index (κ1) is 19.9. The highest BCUT2D eigenvalue weighted by Gasteiger charge is 2.14. The third kappa shape index (κ3) is 6.96. The molecule has 1 aromatic carbocycles.